The number of amides is 2. The van der Waals surface area contributed by atoms with Crippen molar-refractivity contribution in [3.8, 4) is 0 Å². The van der Waals surface area contributed by atoms with Gasteiger partial charge in [-0.05, 0) is 204 Å². The van der Waals surface area contributed by atoms with Gasteiger partial charge >= 0.3 is 0 Å². The normalized spacial score (nSPS) is 45.0. The fourth-order valence-electron chi connectivity index (χ4n) is 22.0. The van der Waals surface area contributed by atoms with E-state index in [1.165, 1.54) is 0 Å². The predicted octanol–water partition coefficient (Wildman–Crippen LogP) is 12.2. The van der Waals surface area contributed by atoms with Crippen LogP contribution in [0.2, 0.25) is 0 Å². The fourth-order valence-corrected chi connectivity index (χ4v) is 22.0. The summed E-state index contributed by atoms with van der Waals surface area (Å²) in [6, 6.07) is 0. The van der Waals surface area contributed by atoms with Crippen molar-refractivity contribution in [2.24, 2.45) is 82.9 Å². The molecule has 0 aromatic carbocycles. The molecular formula is C88H148N2O20. The minimum absolute atomic E-state index is 0.0317. The molecular weight excluding hydrogens is 1400 g/mol. The first-order valence-corrected chi connectivity index (χ1v) is 43.7. The van der Waals surface area contributed by atoms with Gasteiger partial charge in [0.05, 0.1) is 107 Å². The third kappa shape index (κ3) is 17.6. The average molecular weight is 1550 g/mol. The van der Waals surface area contributed by atoms with E-state index in [9.17, 15) is 49.8 Å². The zero-order chi connectivity index (χ0) is 80.8. The maximum atomic E-state index is 15.0. The fraction of sp³-hybridized carbons (Fsp3) is 0.909. The van der Waals surface area contributed by atoms with Gasteiger partial charge in [-0.1, -0.05) is 111 Å². The average Bonchev–Trinajstić information content (AvgIpc) is 1.45. The number of ketones is 2. The zero-order valence-corrected chi connectivity index (χ0v) is 70.8. The summed E-state index contributed by atoms with van der Waals surface area (Å²) in [6.07, 6.45) is 11.8. The second-order valence-corrected chi connectivity index (χ2v) is 37.4. The molecule has 110 heavy (non-hydrogen) atoms. The highest BCUT2D eigenvalue weighted by Crippen LogP contribution is 2.57. The topological polar surface area (TPSA) is 306 Å². The van der Waals surface area contributed by atoms with Crippen LogP contribution in [0.1, 0.15) is 280 Å². The SMILES string of the molecule is CC[C@@H](C(=O)[C@@H](C)[C@@H](O)[C@H](C)[C@@H]1O[C@@H]([C@@H](CC)C(=O)NCCCCNC(=O)[C@H](CC)[C@H]2CC[C@H](C)[C@H]([C@@H](C)[C@H](O)[C@H](C)C(=O)[C@H](CC)[C@H]3O[C@]4(C=C[C@@H](O)[C@]5(CC[C@@](C)([C@H]6CC[C@](O)(CC)[C@H](C)O6)O5)O4)[C@H](C)C[C@@H]3C)O2)CC[C@@H]1C)[C@H]1O[C@]2(C=C[C@@H](O)[C@]3(CC[C@@](C)([C@H]4CC[C@](O)(CC)[C@H](C)O4)O3)O2)[C@H](C)C[C@@H]1C. The van der Waals surface area contributed by atoms with Crippen LogP contribution in [-0.2, 0) is 66.5 Å². The van der Waals surface area contributed by atoms with Gasteiger partial charge in [0.2, 0.25) is 23.4 Å². The van der Waals surface area contributed by atoms with E-state index in [1.807, 2.05) is 83.1 Å². The highest BCUT2D eigenvalue weighted by molar-refractivity contribution is 5.85. The standard InChI is InChI=1S/C88H148N2O20/c1-21-61(65-31-29-49(7)75(103-65)57(15)71(93)55(13)73(95)63(23-3)77-51(9)47-53(11)85(105-77)39-33-67(91)87(109-85)43-41-81(19,107-87)69-35-37-83(99,25-5)59(17)101-69)79(97)89-45-27-28-46-90-80(98)62(22-2)66-32-30-50(8)76(104-66)58(16)72(94)56(14)74(96)64(24-4)78-52(10)48-54(12)86(106-78)40-34-68(92)88(110-86)44-42-82(20,108-88)70-36-38-84(100,26-6)60(18)102-70/h33-34,39-40,49-72,75-78,91-94,99-100H,21-32,35-38,41-48H2,1-20H3,(H,89,97)(H,90,98)/t49-,50-,51-,52-,53+,54+,55-,56-,57-,58-,59-,60-,61+,62+,63-,64-,65+,66+,67+,68+,69+,70+,71+,72+,75+,76+,77-,78-,81-,82-,83+,84+,85-,86-,87-,88-/m0/s1. The molecule has 0 bridgehead atoms. The first-order valence-electron chi connectivity index (χ1n) is 43.7. The van der Waals surface area contributed by atoms with Crippen LogP contribution in [0.3, 0.4) is 0 Å². The molecule has 10 aliphatic rings. The molecule has 36 atom stereocenters. The lowest BCUT2D eigenvalue weighted by Crippen LogP contribution is -2.63. The smallest absolute Gasteiger partial charge is 0.225 e. The lowest BCUT2D eigenvalue weighted by Gasteiger charge is -2.54. The number of nitrogens with one attached hydrogen (secondary N) is 2. The largest absolute Gasteiger partial charge is 0.392 e. The Morgan fingerprint density at radius 1 is 0.455 bits per heavy atom. The summed E-state index contributed by atoms with van der Waals surface area (Å²) in [5.74, 6) is -10.5. The number of aliphatic hydroxyl groups excluding tert-OH is 4. The Bertz CT molecular complexity index is 2960. The van der Waals surface area contributed by atoms with Gasteiger partial charge in [0.25, 0.3) is 0 Å². The third-order valence-electron chi connectivity index (χ3n) is 30.1. The Hall–Kier alpha value is -2.88. The Kier molecular flexibility index (Phi) is 29.1. The van der Waals surface area contributed by atoms with Gasteiger partial charge in [-0.3, -0.25) is 19.2 Å². The lowest BCUT2D eigenvalue weighted by molar-refractivity contribution is -0.409. The van der Waals surface area contributed by atoms with Crippen LogP contribution in [0.15, 0.2) is 24.3 Å². The van der Waals surface area contributed by atoms with E-state index < -0.39 is 142 Å². The molecule has 0 aromatic rings. The van der Waals surface area contributed by atoms with Gasteiger partial charge in [-0.15, -0.1) is 0 Å². The molecule has 0 radical (unpaired) electrons. The minimum Gasteiger partial charge on any atom is -0.392 e. The van der Waals surface area contributed by atoms with Gasteiger partial charge in [0.1, 0.15) is 23.8 Å². The van der Waals surface area contributed by atoms with E-state index in [2.05, 4.69) is 52.2 Å². The summed E-state index contributed by atoms with van der Waals surface area (Å²) in [5.41, 5.74) is -3.41. The summed E-state index contributed by atoms with van der Waals surface area (Å²) in [7, 11) is 0. The number of hydrogen-bond donors (Lipinski definition) is 8. The number of aliphatic hydroxyl groups is 6. The van der Waals surface area contributed by atoms with Gasteiger partial charge in [-0.25, -0.2) is 0 Å². The molecule has 0 unspecified atom stereocenters. The van der Waals surface area contributed by atoms with E-state index in [0.29, 0.717) is 142 Å². The van der Waals surface area contributed by atoms with E-state index in [1.54, 1.807) is 38.2 Å². The van der Waals surface area contributed by atoms with Crippen LogP contribution >= 0.6 is 0 Å². The van der Waals surface area contributed by atoms with Gasteiger partial charge < -0.3 is 88.6 Å². The quantitative estimate of drug-likeness (QED) is 0.0255. The van der Waals surface area contributed by atoms with E-state index in [0.717, 1.165) is 12.8 Å². The van der Waals surface area contributed by atoms with Crippen molar-refractivity contribution in [3.63, 3.8) is 0 Å². The summed E-state index contributed by atoms with van der Waals surface area (Å²) in [4.78, 5) is 58.1. The molecule has 10 aliphatic heterocycles. The molecule has 630 valence electrons. The van der Waals surface area contributed by atoms with Crippen LogP contribution in [-0.4, -0.2) is 198 Å². The number of carbonyl (C=O) groups excluding carboxylic acids is 4. The first kappa shape index (κ1) is 89.5. The van der Waals surface area contributed by atoms with E-state index in [-0.39, 0.29) is 95.5 Å². The van der Waals surface area contributed by atoms with Gasteiger partial charge in [-0.2, -0.15) is 0 Å². The predicted molar refractivity (Wildman–Crippen MR) is 417 cm³/mol. The molecule has 0 saturated carbocycles. The number of ether oxygens (including phenoxy) is 10. The molecule has 8 N–H and O–H groups in total. The zero-order valence-electron chi connectivity index (χ0n) is 70.8. The maximum Gasteiger partial charge on any atom is 0.225 e. The molecule has 10 rings (SSSR count). The molecule has 0 aliphatic carbocycles. The van der Waals surface area contributed by atoms with Crippen molar-refractivity contribution >= 4 is 23.4 Å². The molecule has 22 nitrogen and oxygen atoms in total. The Morgan fingerprint density at radius 2 is 0.809 bits per heavy atom. The number of unbranched alkanes of at least 4 members (excludes halogenated alkanes) is 1. The molecule has 22 heteroatoms. The number of Topliss-reactive ketones (excluding diaryl/α,β-unsaturated/α-hetero) is 2. The Morgan fingerprint density at radius 3 is 1.14 bits per heavy atom. The van der Waals surface area contributed by atoms with Crippen LogP contribution < -0.4 is 10.6 Å². The second-order valence-electron chi connectivity index (χ2n) is 37.4. The summed E-state index contributed by atoms with van der Waals surface area (Å²) in [5, 5.41) is 76.6. The summed E-state index contributed by atoms with van der Waals surface area (Å²) < 4.78 is 68.8. The monoisotopic (exact) mass is 1550 g/mol. The van der Waals surface area contributed by atoms with Crippen molar-refractivity contribution in [1.29, 1.82) is 0 Å². The van der Waals surface area contributed by atoms with E-state index >= 15 is 0 Å². The van der Waals surface area contributed by atoms with Crippen molar-refractivity contribution in [3.05, 3.63) is 24.3 Å². The maximum absolute atomic E-state index is 15.0. The minimum atomic E-state index is -1.41. The molecule has 8 fully saturated rings. The third-order valence-corrected chi connectivity index (χ3v) is 30.1. The Balaban J connectivity index is 0.671. The van der Waals surface area contributed by atoms with Crippen LogP contribution in [0, 0.1) is 82.9 Å². The molecule has 2 amide bonds. The highest BCUT2D eigenvalue weighted by Gasteiger charge is 2.66. The highest BCUT2D eigenvalue weighted by atomic mass is 16.8. The second kappa shape index (κ2) is 35.7. The van der Waals surface area contributed by atoms with Crippen molar-refractivity contribution in [1.82, 2.24) is 10.6 Å². The van der Waals surface area contributed by atoms with Crippen molar-refractivity contribution in [2.75, 3.05) is 13.1 Å². The van der Waals surface area contributed by atoms with Crippen LogP contribution in [0.4, 0.5) is 0 Å². The van der Waals surface area contributed by atoms with E-state index in [4.69, 9.17) is 47.4 Å². The van der Waals surface area contributed by atoms with Crippen LogP contribution in [0.25, 0.3) is 0 Å². The summed E-state index contributed by atoms with van der Waals surface area (Å²) in [6.45, 7) is 40.6. The number of carbonyl (C=O) groups is 4. The Labute approximate surface area is 659 Å². The molecule has 0 aromatic heterocycles. The summed E-state index contributed by atoms with van der Waals surface area (Å²) >= 11 is 0. The van der Waals surface area contributed by atoms with Gasteiger partial charge in [0.15, 0.2) is 11.6 Å². The first-order chi connectivity index (χ1) is 51.8. The van der Waals surface area contributed by atoms with Crippen LogP contribution in [0.5, 0.6) is 0 Å². The lowest BCUT2D eigenvalue weighted by atomic mass is 9.72. The molecule has 8 saturated heterocycles. The molecule has 10 heterocycles. The molecule has 4 spiro atoms. The van der Waals surface area contributed by atoms with Crippen molar-refractivity contribution < 1.29 is 97.2 Å². The van der Waals surface area contributed by atoms with Crippen molar-refractivity contribution in [2.45, 2.75) is 411 Å². The number of hydrogen-bond acceptors (Lipinski definition) is 20. The van der Waals surface area contributed by atoms with Gasteiger partial charge in [0, 0.05) is 73.3 Å². The number of rotatable bonds is 29.